The molecule has 0 bridgehead atoms. The fourth-order valence-corrected chi connectivity index (χ4v) is 2.51. The Labute approximate surface area is 121 Å². The van der Waals surface area contributed by atoms with Crippen LogP contribution in [0.25, 0.3) is 0 Å². The summed E-state index contributed by atoms with van der Waals surface area (Å²) in [5, 5.41) is 0. The third-order valence-electron chi connectivity index (χ3n) is 3.47. The first-order valence-corrected chi connectivity index (χ1v) is 7.13. The molecule has 3 heteroatoms. The first kappa shape index (κ1) is 14.2. The Balaban J connectivity index is 2.33. The molecule has 2 rings (SSSR count). The zero-order chi connectivity index (χ0) is 13.9. The van der Waals surface area contributed by atoms with Gasteiger partial charge in [-0.15, -0.1) is 0 Å². The van der Waals surface area contributed by atoms with Gasteiger partial charge in [-0.2, -0.15) is 0 Å². The van der Waals surface area contributed by atoms with Crippen molar-refractivity contribution in [2.75, 3.05) is 0 Å². The van der Waals surface area contributed by atoms with E-state index in [1.807, 2.05) is 37.3 Å². The first-order valence-electron chi connectivity index (χ1n) is 6.33. The second kappa shape index (κ2) is 5.85. The molecule has 100 valence electrons. The van der Waals surface area contributed by atoms with Gasteiger partial charge in [0.05, 0.1) is 0 Å². The van der Waals surface area contributed by atoms with Crippen molar-refractivity contribution in [3.05, 3.63) is 69.9 Å². The van der Waals surface area contributed by atoms with Gasteiger partial charge >= 0.3 is 0 Å². The predicted octanol–water partition coefficient (Wildman–Crippen LogP) is 4.39. The van der Waals surface area contributed by atoms with Crippen molar-refractivity contribution in [2.45, 2.75) is 25.3 Å². The van der Waals surface area contributed by atoms with Crippen molar-refractivity contribution < 1.29 is 4.39 Å². The molecule has 0 fully saturated rings. The Morgan fingerprint density at radius 2 is 1.74 bits per heavy atom. The van der Waals surface area contributed by atoms with Crippen LogP contribution in [0, 0.1) is 5.82 Å². The molecular weight excluding hydrogens is 305 g/mol. The van der Waals surface area contributed by atoms with Crippen LogP contribution >= 0.6 is 15.9 Å². The van der Waals surface area contributed by atoms with Crippen molar-refractivity contribution in [3.8, 4) is 0 Å². The van der Waals surface area contributed by atoms with E-state index in [0.717, 1.165) is 10.0 Å². The minimum absolute atomic E-state index is 0.232. The Bertz CT molecular complexity index is 553. The van der Waals surface area contributed by atoms with E-state index in [-0.39, 0.29) is 5.82 Å². The Morgan fingerprint density at radius 3 is 2.32 bits per heavy atom. The van der Waals surface area contributed by atoms with E-state index in [1.54, 1.807) is 12.1 Å². The predicted molar refractivity (Wildman–Crippen MR) is 80.4 cm³/mol. The maximum absolute atomic E-state index is 14.0. The zero-order valence-corrected chi connectivity index (χ0v) is 12.5. The highest BCUT2D eigenvalue weighted by Crippen LogP contribution is 2.29. The lowest BCUT2D eigenvalue weighted by atomic mass is 9.82. The van der Waals surface area contributed by atoms with Crippen LogP contribution in [-0.2, 0) is 12.0 Å². The summed E-state index contributed by atoms with van der Waals surface area (Å²) in [5.74, 6) is -0.232. The fourth-order valence-electron chi connectivity index (χ4n) is 2.24. The van der Waals surface area contributed by atoms with Crippen LogP contribution in [-0.4, -0.2) is 0 Å². The molecule has 0 heterocycles. The van der Waals surface area contributed by atoms with E-state index < -0.39 is 5.54 Å². The Morgan fingerprint density at radius 1 is 1.11 bits per heavy atom. The number of hydrogen-bond donors (Lipinski definition) is 1. The largest absolute Gasteiger partial charge is 0.321 e. The summed E-state index contributed by atoms with van der Waals surface area (Å²) in [6, 6.07) is 14.8. The van der Waals surface area contributed by atoms with Gasteiger partial charge in [-0.1, -0.05) is 53.2 Å². The van der Waals surface area contributed by atoms with E-state index in [0.29, 0.717) is 18.4 Å². The third kappa shape index (κ3) is 3.23. The summed E-state index contributed by atoms with van der Waals surface area (Å²) < 4.78 is 15.0. The van der Waals surface area contributed by atoms with Gasteiger partial charge in [0.2, 0.25) is 0 Å². The monoisotopic (exact) mass is 321 g/mol. The van der Waals surface area contributed by atoms with Crippen LogP contribution in [0.5, 0.6) is 0 Å². The molecule has 0 aliphatic heterocycles. The van der Waals surface area contributed by atoms with Crippen molar-refractivity contribution in [3.63, 3.8) is 0 Å². The van der Waals surface area contributed by atoms with Crippen molar-refractivity contribution in [2.24, 2.45) is 5.73 Å². The van der Waals surface area contributed by atoms with Crippen molar-refractivity contribution in [1.29, 1.82) is 0 Å². The lowest BCUT2D eigenvalue weighted by Crippen LogP contribution is -2.39. The van der Waals surface area contributed by atoms with Crippen LogP contribution in [0.4, 0.5) is 4.39 Å². The quantitative estimate of drug-likeness (QED) is 0.887. The summed E-state index contributed by atoms with van der Waals surface area (Å²) >= 11 is 3.41. The molecule has 0 spiro atoms. The normalized spacial score (nSPS) is 14.1. The maximum Gasteiger partial charge on any atom is 0.128 e. The minimum Gasteiger partial charge on any atom is -0.321 e. The van der Waals surface area contributed by atoms with Crippen LogP contribution < -0.4 is 5.73 Å². The molecule has 0 aliphatic rings. The summed E-state index contributed by atoms with van der Waals surface area (Å²) in [6.07, 6.45) is 1.31. The van der Waals surface area contributed by atoms with Gasteiger partial charge in [0.25, 0.3) is 0 Å². The van der Waals surface area contributed by atoms with Crippen LogP contribution in [0.3, 0.4) is 0 Å². The average molecular weight is 322 g/mol. The molecule has 0 saturated carbocycles. The van der Waals surface area contributed by atoms with Gasteiger partial charge in [0.15, 0.2) is 0 Å². The number of nitrogens with two attached hydrogens (primary N) is 1. The number of benzene rings is 2. The molecule has 19 heavy (non-hydrogen) atoms. The average Bonchev–Trinajstić information content (AvgIpc) is 2.42. The second-order valence-corrected chi connectivity index (χ2v) is 5.71. The Kier molecular flexibility index (Phi) is 4.38. The van der Waals surface area contributed by atoms with Gasteiger partial charge in [0, 0.05) is 15.6 Å². The van der Waals surface area contributed by atoms with Crippen LogP contribution in [0.2, 0.25) is 0 Å². The summed E-state index contributed by atoms with van der Waals surface area (Å²) in [5.41, 5.74) is 7.46. The lowest BCUT2D eigenvalue weighted by molar-refractivity contribution is 0.402. The highest BCUT2D eigenvalue weighted by atomic mass is 79.9. The van der Waals surface area contributed by atoms with Gasteiger partial charge < -0.3 is 5.73 Å². The standard InChI is InChI=1S/C16H17BrFN/c1-2-16(19,14-5-3-4-6-15(14)18)11-12-7-9-13(17)10-8-12/h3-10H,2,11,19H2,1H3. The third-order valence-corrected chi connectivity index (χ3v) is 4.00. The first-order chi connectivity index (χ1) is 9.05. The van der Waals surface area contributed by atoms with E-state index >= 15 is 0 Å². The highest BCUT2D eigenvalue weighted by molar-refractivity contribution is 9.10. The zero-order valence-electron chi connectivity index (χ0n) is 10.9. The van der Waals surface area contributed by atoms with Crippen LogP contribution in [0.1, 0.15) is 24.5 Å². The lowest BCUT2D eigenvalue weighted by Gasteiger charge is -2.29. The molecule has 2 N–H and O–H groups in total. The summed E-state index contributed by atoms with van der Waals surface area (Å²) in [7, 11) is 0. The van der Waals surface area contributed by atoms with Crippen LogP contribution in [0.15, 0.2) is 53.0 Å². The molecule has 0 aliphatic carbocycles. The smallest absolute Gasteiger partial charge is 0.128 e. The topological polar surface area (TPSA) is 26.0 Å². The minimum atomic E-state index is -0.667. The van der Waals surface area contributed by atoms with Crippen molar-refractivity contribution in [1.82, 2.24) is 0 Å². The van der Waals surface area contributed by atoms with Gasteiger partial charge in [-0.3, -0.25) is 0 Å². The van der Waals surface area contributed by atoms with Gasteiger partial charge in [-0.05, 0) is 36.6 Å². The second-order valence-electron chi connectivity index (χ2n) is 4.79. The van der Waals surface area contributed by atoms with E-state index in [4.69, 9.17) is 5.73 Å². The molecular formula is C16H17BrFN. The van der Waals surface area contributed by atoms with Crippen molar-refractivity contribution >= 4 is 15.9 Å². The van der Waals surface area contributed by atoms with Gasteiger partial charge in [-0.25, -0.2) is 4.39 Å². The molecule has 1 atom stereocenters. The number of hydrogen-bond acceptors (Lipinski definition) is 1. The fraction of sp³-hybridized carbons (Fsp3) is 0.250. The van der Waals surface area contributed by atoms with Gasteiger partial charge in [0.1, 0.15) is 5.82 Å². The molecule has 0 radical (unpaired) electrons. The Hall–Kier alpha value is -1.19. The van der Waals surface area contributed by atoms with E-state index in [2.05, 4.69) is 15.9 Å². The maximum atomic E-state index is 14.0. The number of rotatable bonds is 4. The molecule has 0 amide bonds. The molecule has 2 aromatic rings. The molecule has 2 aromatic carbocycles. The summed E-state index contributed by atoms with van der Waals surface area (Å²) in [6.45, 7) is 1.99. The number of halogens is 2. The SMILES string of the molecule is CCC(N)(Cc1ccc(Br)cc1)c1ccccc1F. The van der Waals surface area contributed by atoms with E-state index in [9.17, 15) is 4.39 Å². The molecule has 1 nitrogen and oxygen atoms in total. The molecule has 0 aromatic heterocycles. The van der Waals surface area contributed by atoms with E-state index in [1.165, 1.54) is 6.07 Å². The molecule has 0 saturated heterocycles. The summed E-state index contributed by atoms with van der Waals surface area (Å²) in [4.78, 5) is 0. The highest BCUT2D eigenvalue weighted by Gasteiger charge is 2.28. The molecule has 1 unspecified atom stereocenters.